The third-order valence-corrected chi connectivity index (χ3v) is 2.54. The fourth-order valence-corrected chi connectivity index (χ4v) is 1.74. The van der Waals surface area contributed by atoms with E-state index in [9.17, 15) is 9.59 Å². The molecule has 0 aliphatic rings. The van der Waals surface area contributed by atoms with Crippen LogP contribution in [-0.2, 0) is 4.79 Å². The number of aldehydes is 1. The van der Waals surface area contributed by atoms with Crippen LogP contribution in [0.1, 0.15) is 10.4 Å². The number of nitrogens with zero attached hydrogens (tertiary/aromatic N) is 1. The fraction of sp³-hybridized carbons (Fsp3) is 0.154. The van der Waals surface area contributed by atoms with Crippen molar-refractivity contribution in [1.29, 1.82) is 0 Å². The van der Waals surface area contributed by atoms with Crippen molar-refractivity contribution in [3.8, 4) is 5.75 Å². The standard InChI is InChI=1S/C13H12N2O3/c1-18-11-4-2-3-9-10(5-6-14-12(9)11)13(17)15-7-8-16/h2-6,8H,7H2,1H3,(H,15,17). The summed E-state index contributed by atoms with van der Waals surface area (Å²) in [5.74, 6) is 0.306. The van der Waals surface area contributed by atoms with Crippen molar-refractivity contribution >= 4 is 23.1 Å². The number of rotatable bonds is 4. The Labute approximate surface area is 104 Å². The molecule has 5 nitrogen and oxygen atoms in total. The van der Waals surface area contributed by atoms with E-state index in [4.69, 9.17) is 4.74 Å². The number of hydrogen-bond donors (Lipinski definition) is 1. The molecule has 0 saturated heterocycles. The summed E-state index contributed by atoms with van der Waals surface area (Å²) in [4.78, 5) is 26.3. The first-order chi connectivity index (χ1) is 8.77. The second kappa shape index (κ2) is 5.27. The second-order valence-electron chi connectivity index (χ2n) is 3.59. The molecule has 0 spiro atoms. The summed E-state index contributed by atoms with van der Waals surface area (Å²) in [5.41, 5.74) is 1.10. The first kappa shape index (κ1) is 12.0. The monoisotopic (exact) mass is 244 g/mol. The van der Waals surface area contributed by atoms with Gasteiger partial charge in [0.05, 0.1) is 19.2 Å². The summed E-state index contributed by atoms with van der Waals surface area (Å²) >= 11 is 0. The Morgan fingerprint density at radius 3 is 3.00 bits per heavy atom. The summed E-state index contributed by atoms with van der Waals surface area (Å²) in [6, 6.07) is 6.98. The van der Waals surface area contributed by atoms with Gasteiger partial charge in [-0.25, -0.2) is 0 Å². The third kappa shape index (κ3) is 2.15. The highest BCUT2D eigenvalue weighted by atomic mass is 16.5. The summed E-state index contributed by atoms with van der Waals surface area (Å²) in [5, 5.41) is 3.20. The van der Waals surface area contributed by atoms with Gasteiger partial charge in [0.15, 0.2) is 0 Å². The topological polar surface area (TPSA) is 68.3 Å². The van der Waals surface area contributed by atoms with Crippen molar-refractivity contribution in [2.75, 3.05) is 13.7 Å². The highest BCUT2D eigenvalue weighted by Gasteiger charge is 2.12. The molecule has 1 aromatic carbocycles. The SMILES string of the molecule is COc1cccc2c(C(=O)NCC=O)ccnc12. The molecular formula is C13H12N2O3. The number of carbonyl (C=O) groups excluding carboxylic acids is 2. The summed E-state index contributed by atoms with van der Waals surface area (Å²) < 4.78 is 5.19. The normalized spacial score (nSPS) is 10.1. The predicted molar refractivity (Wildman–Crippen MR) is 66.7 cm³/mol. The Morgan fingerprint density at radius 2 is 2.28 bits per heavy atom. The molecular weight excluding hydrogens is 232 g/mol. The highest BCUT2D eigenvalue weighted by molar-refractivity contribution is 6.07. The van der Waals surface area contributed by atoms with E-state index >= 15 is 0 Å². The number of aromatic nitrogens is 1. The zero-order chi connectivity index (χ0) is 13.0. The van der Waals surface area contributed by atoms with Crippen molar-refractivity contribution in [1.82, 2.24) is 10.3 Å². The largest absolute Gasteiger partial charge is 0.494 e. The van der Waals surface area contributed by atoms with Gasteiger partial charge in [-0.15, -0.1) is 0 Å². The van der Waals surface area contributed by atoms with Crippen LogP contribution in [0, 0.1) is 0 Å². The minimum atomic E-state index is -0.303. The van der Waals surface area contributed by atoms with Crippen LogP contribution < -0.4 is 10.1 Å². The van der Waals surface area contributed by atoms with Crippen LogP contribution in [0.2, 0.25) is 0 Å². The fourth-order valence-electron chi connectivity index (χ4n) is 1.74. The molecule has 2 rings (SSSR count). The number of benzene rings is 1. The number of pyridine rings is 1. The lowest BCUT2D eigenvalue weighted by atomic mass is 10.1. The van der Waals surface area contributed by atoms with Crippen LogP contribution in [0.15, 0.2) is 30.5 Å². The van der Waals surface area contributed by atoms with Crippen LogP contribution in [-0.4, -0.2) is 30.8 Å². The lowest BCUT2D eigenvalue weighted by Gasteiger charge is -2.08. The van der Waals surface area contributed by atoms with Crippen molar-refractivity contribution < 1.29 is 14.3 Å². The van der Waals surface area contributed by atoms with Crippen LogP contribution in [0.3, 0.4) is 0 Å². The molecule has 5 heteroatoms. The minimum Gasteiger partial charge on any atom is -0.494 e. The van der Waals surface area contributed by atoms with E-state index in [1.165, 1.54) is 0 Å². The molecule has 0 radical (unpaired) electrons. The quantitative estimate of drug-likeness (QED) is 0.820. The van der Waals surface area contributed by atoms with Crippen molar-refractivity contribution in [2.24, 2.45) is 0 Å². The molecule has 18 heavy (non-hydrogen) atoms. The molecule has 2 aromatic rings. The second-order valence-corrected chi connectivity index (χ2v) is 3.59. The number of nitrogens with one attached hydrogen (secondary N) is 1. The van der Waals surface area contributed by atoms with Crippen LogP contribution in [0.25, 0.3) is 10.9 Å². The average molecular weight is 244 g/mol. The van der Waals surface area contributed by atoms with Gasteiger partial charge in [0.1, 0.15) is 17.6 Å². The van der Waals surface area contributed by atoms with Gasteiger partial charge in [0.25, 0.3) is 5.91 Å². The van der Waals surface area contributed by atoms with Gasteiger partial charge in [-0.3, -0.25) is 9.78 Å². The van der Waals surface area contributed by atoms with Gasteiger partial charge < -0.3 is 14.8 Å². The Bertz CT molecular complexity index is 596. The molecule has 0 fully saturated rings. The molecule has 0 unspecified atom stereocenters. The van der Waals surface area contributed by atoms with E-state index in [1.807, 2.05) is 0 Å². The molecule has 0 atom stereocenters. The number of hydrogen-bond acceptors (Lipinski definition) is 4. The Balaban J connectivity index is 2.51. The van der Waals surface area contributed by atoms with Crippen molar-refractivity contribution in [3.05, 3.63) is 36.0 Å². The molecule has 1 aromatic heterocycles. The van der Waals surface area contributed by atoms with Gasteiger partial charge in [-0.05, 0) is 12.1 Å². The maximum absolute atomic E-state index is 11.9. The number of methoxy groups -OCH3 is 1. The Hall–Kier alpha value is -2.43. The summed E-state index contributed by atoms with van der Waals surface area (Å²) in [7, 11) is 1.55. The number of para-hydroxylation sites is 1. The first-order valence-electron chi connectivity index (χ1n) is 5.41. The van der Waals surface area contributed by atoms with E-state index in [-0.39, 0.29) is 12.5 Å². The van der Waals surface area contributed by atoms with Gasteiger partial charge in [-0.1, -0.05) is 12.1 Å². The molecule has 1 amide bonds. The maximum Gasteiger partial charge on any atom is 0.252 e. The first-order valence-corrected chi connectivity index (χ1v) is 5.41. The molecule has 0 bridgehead atoms. The molecule has 0 aliphatic heterocycles. The van der Waals surface area contributed by atoms with E-state index in [1.54, 1.807) is 37.6 Å². The minimum absolute atomic E-state index is 0.00732. The lowest BCUT2D eigenvalue weighted by molar-refractivity contribution is -0.107. The van der Waals surface area contributed by atoms with E-state index in [0.29, 0.717) is 28.5 Å². The molecule has 92 valence electrons. The maximum atomic E-state index is 11.9. The summed E-state index contributed by atoms with van der Waals surface area (Å²) in [6.45, 7) is -0.00732. The van der Waals surface area contributed by atoms with E-state index < -0.39 is 0 Å². The number of fused-ring (bicyclic) bond motifs is 1. The highest BCUT2D eigenvalue weighted by Crippen LogP contribution is 2.25. The lowest BCUT2D eigenvalue weighted by Crippen LogP contribution is -2.25. The predicted octanol–water partition coefficient (Wildman–Crippen LogP) is 1.17. The zero-order valence-electron chi connectivity index (χ0n) is 9.84. The molecule has 0 saturated carbocycles. The third-order valence-electron chi connectivity index (χ3n) is 2.54. The number of amides is 1. The summed E-state index contributed by atoms with van der Waals surface area (Å²) in [6.07, 6.45) is 2.18. The number of ether oxygens (including phenoxy) is 1. The van der Waals surface area contributed by atoms with Gasteiger partial charge in [0.2, 0.25) is 0 Å². The van der Waals surface area contributed by atoms with E-state index in [0.717, 1.165) is 0 Å². The van der Waals surface area contributed by atoms with Crippen LogP contribution >= 0.6 is 0 Å². The van der Waals surface area contributed by atoms with E-state index in [2.05, 4.69) is 10.3 Å². The van der Waals surface area contributed by atoms with Gasteiger partial charge in [-0.2, -0.15) is 0 Å². The molecule has 1 N–H and O–H groups in total. The van der Waals surface area contributed by atoms with Crippen LogP contribution in [0.4, 0.5) is 0 Å². The average Bonchev–Trinajstić information content (AvgIpc) is 2.43. The zero-order valence-corrected chi connectivity index (χ0v) is 9.84. The molecule has 1 heterocycles. The van der Waals surface area contributed by atoms with Gasteiger partial charge >= 0.3 is 0 Å². The number of carbonyl (C=O) groups is 2. The van der Waals surface area contributed by atoms with Gasteiger partial charge in [0, 0.05) is 11.6 Å². The Morgan fingerprint density at radius 1 is 1.44 bits per heavy atom. The van der Waals surface area contributed by atoms with Crippen molar-refractivity contribution in [2.45, 2.75) is 0 Å². The van der Waals surface area contributed by atoms with Crippen LogP contribution in [0.5, 0.6) is 5.75 Å². The molecule has 0 aliphatic carbocycles. The Kier molecular flexibility index (Phi) is 3.52. The smallest absolute Gasteiger partial charge is 0.252 e. The van der Waals surface area contributed by atoms with Crippen molar-refractivity contribution in [3.63, 3.8) is 0 Å².